The minimum absolute atomic E-state index is 0. The van der Waals surface area contributed by atoms with Gasteiger partial charge in [0.25, 0.3) is 0 Å². The quantitative estimate of drug-likeness (QED) is 0.281. The van der Waals surface area contributed by atoms with E-state index in [1.54, 1.807) is 0 Å². The normalized spacial score (nSPS) is 20.6. The molecule has 1 N–H and O–H groups in total. The van der Waals surface area contributed by atoms with Gasteiger partial charge in [-0.1, -0.05) is 58.9 Å². The summed E-state index contributed by atoms with van der Waals surface area (Å²) < 4.78 is 0. The SMILES string of the molecule is CC1(C)CCC2CCC(C)(C)C(O)=C2C1=O.Cc1cc[c-]c(-c2nccc3ccccc23)c1.[Ir]. The van der Waals surface area contributed by atoms with Gasteiger partial charge in [0.2, 0.25) is 0 Å². The third-order valence-electron chi connectivity index (χ3n) is 7.29. The number of rotatable bonds is 1. The van der Waals surface area contributed by atoms with Crippen LogP contribution in [-0.4, -0.2) is 15.9 Å². The minimum Gasteiger partial charge on any atom is -0.511 e. The van der Waals surface area contributed by atoms with Crippen LogP contribution in [-0.2, 0) is 24.9 Å². The maximum absolute atomic E-state index is 12.4. The predicted octanol–water partition coefficient (Wildman–Crippen LogP) is 7.63. The van der Waals surface area contributed by atoms with Crippen LogP contribution in [0.1, 0.15) is 58.9 Å². The van der Waals surface area contributed by atoms with Gasteiger partial charge in [0, 0.05) is 42.7 Å². The monoisotopic (exact) mass is 633 g/mol. The van der Waals surface area contributed by atoms with E-state index < -0.39 is 0 Å². The Morgan fingerprint density at radius 3 is 2.38 bits per heavy atom. The minimum atomic E-state index is -0.284. The number of fused-ring (bicyclic) bond motifs is 2. The van der Waals surface area contributed by atoms with Crippen molar-refractivity contribution >= 4 is 16.6 Å². The molecule has 0 bridgehead atoms. The molecule has 1 atom stereocenters. The van der Waals surface area contributed by atoms with Gasteiger partial charge in [-0.25, -0.2) is 0 Å². The van der Waals surface area contributed by atoms with Crippen LogP contribution in [0.3, 0.4) is 0 Å². The molecule has 1 fully saturated rings. The number of ketones is 1. The second-order valence-electron chi connectivity index (χ2n) is 10.8. The van der Waals surface area contributed by atoms with E-state index in [1.807, 2.05) is 58.2 Å². The van der Waals surface area contributed by atoms with E-state index in [2.05, 4.69) is 42.2 Å². The van der Waals surface area contributed by atoms with Crippen molar-refractivity contribution in [3.8, 4) is 11.3 Å². The molecule has 1 heterocycles. The molecule has 2 aliphatic carbocycles. The molecule has 1 aromatic heterocycles. The third-order valence-corrected chi connectivity index (χ3v) is 7.29. The molecule has 34 heavy (non-hydrogen) atoms. The van der Waals surface area contributed by atoms with Crippen molar-refractivity contribution in [3.05, 3.63) is 77.7 Å². The molecule has 1 saturated carbocycles. The van der Waals surface area contributed by atoms with Crippen molar-refractivity contribution in [2.45, 2.75) is 60.3 Å². The molecule has 0 saturated heterocycles. The summed E-state index contributed by atoms with van der Waals surface area (Å²) in [5.41, 5.74) is 3.54. The largest absolute Gasteiger partial charge is 0.511 e. The van der Waals surface area contributed by atoms with Gasteiger partial charge in [-0.2, -0.15) is 0 Å². The van der Waals surface area contributed by atoms with Crippen LogP contribution in [0.2, 0.25) is 0 Å². The maximum Gasteiger partial charge on any atom is 0.168 e. The number of benzene rings is 2. The number of aliphatic hydroxyl groups excluding tert-OH is 1. The fourth-order valence-corrected chi connectivity index (χ4v) is 5.00. The molecular formula is C30H34IrNO2-. The summed E-state index contributed by atoms with van der Waals surface area (Å²) in [5, 5.41) is 12.7. The van der Waals surface area contributed by atoms with Crippen molar-refractivity contribution in [2.24, 2.45) is 16.7 Å². The fraction of sp³-hybridized carbons (Fsp3) is 0.400. The van der Waals surface area contributed by atoms with Gasteiger partial charge in [-0.3, -0.25) is 4.79 Å². The Labute approximate surface area is 217 Å². The van der Waals surface area contributed by atoms with Gasteiger partial charge < -0.3 is 10.1 Å². The number of aryl methyl sites for hydroxylation is 1. The molecule has 1 unspecified atom stereocenters. The van der Waals surface area contributed by atoms with Crippen molar-refractivity contribution < 1.29 is 30.0 Å². The third kappa shape index (κ3) is 5.19. The average Bonchev–Trinajstić information content (AvgIpc) is 2.79. The number of carbonyl (C=O) groups excluding carboxylic acids is 1. The molecule has 4 heteroatoms. The number of pyridine rings is 1. The Balaban J connectivity index is 0.000000186. The van der Waals surface area contributed by atoms with Crippen LogP contribution in [0.25, 0.3) is 22.0 Å². The summed E-state index contributed by atoms with van der Waals surface area (Å²) in [5.74, 6) is 0.851. The topological polar surface area (TPSA) is 50.2 Å². The molecule has 181 valence electrons. The average molecular weight is 633 g/mol. The zero-order chi connectivity index (χ0) is 23.8. The van der Waals surface area contributed by atoms with E-state index in [9.17, 15) is 9.90 Å². The number of Topliss-reactive ketones (excluding diaryl/α,β-unsaturated/α-hetero) is 1. The van der Waals surface area contributed by atoms with Crippen molar-refractivity contribution in [1.29, 1.82) is 0 Å². The summed E-state index contributed by atoms with van der Waals surface area (Å²) in [6.07, 6.45) is 5.89. The molecule has 0 spiro atoms. The zero-order valence-electron chi connectivity index (χ0n) is 20.7. The fourth-order valence-electron chi connectivity index (χ4n) is 5.00. The van der Waals surface area contributed by atoms with Crippen LogP contribution in [0.15, 0.2) is 66.1 Å². The van der Waals surface area contributed by atoms with Crippen molar-refractivity contribution in [1.82, 2.24) is 4.98 Å². The van der Waals surface area contributed by atoms with Gasteiger partial charge >= 0.3 is 0 Å². The van der Waals surface area contributed by atoms with Gasteiger partial charge in [-0.05, 0) is 54.1 Å². The Kier molecular flexibility index (Phi) is 7.85. The maximum atomic E-state index is 12.4. The first-order chi connectivity index (χ1) is 15.6. The molecule has 5 rings (SSSR count). The first-order valence-electron chi connectivity index (χ1n) is 11.9. The van der Waals surface area contributed by atoms with Crippen LogP contribution in [0.4, 0.5) is 0 Å². The van der Waals surface area contributed by atoms with E-state index in [1.165, 1.54) is 16.3 Å². The van der Waals surface area contributed by atoms with Gasteiger partial charge in [0.05, 0.1) is 0 Å². The Hall–Kier alpha value is -2.29. The second kappa shape index (κ2) is 10.1. The number of nitrogens with zero attached hydrogens (tertiary/aromatic N) is 1. The number of carbonyl (C=O) groups is 1. The number of allylic oxidation sites excluding steroid dienone is 2. The Bertz CT molecular complexity index is 1220. The Morgan fingerprint density at radius 1 is 1.00 bits per heavy atom. The summed E-state index contributed by atoms with van der Waals surface area (Å²) in [4.78, 5) is 16.8. The zero-order valence-corrected chi connectivity index (χ0v) is 23.1. The van der Waals surface area contributed by atoms with Crippen molar-refractivity contribution in [2.75, 3.05) is 0 Å². The van der Waals surface area contributed by atoms with E-state index in [4.69, 9.17) is 0 Å². The van der Waals surface area contributed by atoms with Crippen LogP contribution >= 0.6 is 0 Å². The van der Waals surface area contributed by atoms with Crippen LogP contribution in [0.5, 0.6) is 0 Å². The van der Waals surface area contributed by atoms with E-state index in [0.717, 1.165) is 42.5 Å². The molecule has 0 aliphatic heterocycles. The smallest absolute Gasteiger partial charge is 0.168 e. The predicted molar refractivity (Wildman–Crippen MR) is 135 cm³/mol. The standard InChI is InChI=1S/C16H12N.C14H22O2.Ir/c1-12-5-4-7-14(11-12)16-15-8-3-2-6-13(15)9-10-17-16;1-13(2)7-5-9-6-8-14(3,4)12(16)10(9)11(13)15;/h2-6,8-11H,1H3;9,15H,5-8H2,1-4H3;/q-1;;. The summed E-state index contributed by atoms with van der Waals surface area (Å²) in [6, 6.07) is 19.7. The first-order valence-corrected chi connectivity index (χ1v) is 11.9. The molecular weight excluding hydrogens is 599 g/mol. The summed E-state index contributed by atoms with van der Waals surface area (Å²) >= 11 is 0. The molecule has 2 aromatic carbocycles. The summed E-state index contributed by atoms with van der Waals surface area (Å²) in [6.45, 7) is 10.1. The molecule has 0 amide bonds. The second-order valence-corrected chi connectivity index (χ2v) is 10.8. The van der Waals surface area contributed by atoms with Crippen molar-refractivity contribution in [3.63, 3.8) is 0 Å². The Morgan fingerprint density at radius 2 is 1.68 bits per heavy atom. The van der Waals surface area contributed by atoms with E-state index in [-0.39, 0.29) is 36.7 Å². The van der Waals surface area contributed by atoms with E-state index in [0.29, 0.717) is 11.7 Å². The van der Waals surface area contributed by atoms with Gasteiger partial charge in [-0.15, -0.1) is 35.4 Å². The van der Waals surface area contributed by atoms with Crippen LogP contribution < -0.4 is 0 Å². The van der Waals surface area contributed by atoms with E-state index >= 15 is 0 Å². The first kappa shape index (κ1) is 26.3. The van der Waals surface area contributed by atoms with Crippen LogP contribution in [0, 0.1) is 29.7 Å². The summed E-state index contributed by atoms with van der Waals surface area (Å²) in [7, 11) is 0. The number of aromatic nitrogens is 1. The number of aliphatic hydroxyl groups is 1. The molecule has 2 aliphatic rings. The van der Waals surface area contributed by atoms with Gasteiger partial charge in [0.1, 0.15) is 5.76 Å². The molecule has 3 nitrogen and oxygen atoms in total. The number of hydrogen-bond donors (Lipinski definition) is 1. The van der Waals surface area contributed by atoms with Gasteiger partial charge in [0.15, 0.2) is 5.78 Å². The molecule has 3 aromatic rings. The molecule has 1 radical (unpaired) electrons. The number of hydrogen-bond acceptors (Lipinski definition) is 3.